The Balaban J connectivity index is 1.69. The number of nitrogens with zero attached hydrogens (tertiary/aromatic N) is 3. The first-order valence-corrected chi connectivity index (χ1v) is 8.24. The number of halogens is 1. The highest BCUT2D eigenvalue weighted by atomic mass is 79.9. The van der Waals surface area contributed by atoms with E-state index in [1.807, 2.05) is 55.5 Å². The molecule has 2 N–H and O–H groups in total. The lowest BCUT2D eigenvalue weighted by atomic mass is 10.3. The third kappa shape index (κ3) is 4.42. The number of anilines is 4. The fourth-order valence-electron chi connectivity index (χ4n) is 2.03. The molecule has 0 fully saturated rings. The summed E-state index contributed by atoms with van der Waals surface area (Å²) in [6.07, 6.45) is 1.57. The Labute approximate surface area is 148 Å². The fraction of sp³-hybridized carbons (Fsp3) is 0.118. The maximum absolute atomic E-state index is 5.42. The molecule has 2 aromatic carbocycles. The Morgan fingerprint density at radius 1 is 0.958 bits per heavy atom. The molecule has 1 aromatic heterocycles. The molecule has 24 heavy (non-hydrogen) atoms. The summed E-state index contributed by atoms with van der Waals surface area (Å²) in [6, 6.07) is 15.4. The number of nitrogens with one attached hydrogen (secondary N) is 2. The van der Waals surface area contributed by atoms with Crippen LogP contribution in [0.25, 0.3) is 0 Å². The summed E-state index contributed by atoms with van der Waals surface area (Å²) in [6.45, 7) is 2.60. The molecule has 0 aliphatic heterocycles. The van der Waals surface area contributed by atoms with Crippen molar-refractivity contribution in [3.05, 3.63) is 59.2 Å². The lowest BCUT2D eigenvalue weighted by molar-refractivity contribution is 0.340. The molecule has 0 bridgehead atoms. The lowest BCUT2D eigenvalue weighted by Gasteiger charge is -2.08. The van der Waals surface area contributed by atoms with Gasteiger partial charge in [0.05, 0.1) is 12.8 Å². The maximum atomic E-state index is 5.42. The summed E-state index contributed by atoms with van der Waals surface area (Å²) in [7, 11) is 0. The van der Waals surface area contributed by atoms with Gasteiger partial charge in [0.25, 0.3) is 0 Å². The highest BCUT2D eigenvalue weighted by molar-refractivity contribution is 9.10. The standard InChI is InChI=1S/C17H16BrN5O/c1-2-24-15-9-7-14(8-10-15)21-17-22-16(11-19-23-17)20-13-5-3-12(18)4-6-13/h3-11H,2H2,1H3,(H2,20,21,22,23). The Morgan fingerprint density at radius 2 is 1.62 bits per heavy atom. The summed E-state index contributed by atoms with van der Waals surface area (Å²) >= 11 is 3.41. The minimum Gasteiger partial charge on any atom is -0.494 e. The van der Waals surface area contributed by atoms with Gasteiger partial charge in [0.1, 0.15) is 5.75 Å². The van der Waals surface area contributed by atoms with E-state index >= 15 is 0 Å². The highest BCUT2D eigenvalue weighted by Gasteiger charge is 2.03. The third-order valence-corrected chi connectivity index (χ3v) is 3.63. The number of hydrogen-bond donors (Lipinski definition) is 2. The summed E-state index contributed by atoms with van der Waals surface area (Å²) in [5, 5.41) is 14.3. The van der Waals surface area contributed by atoms with Crippen molar-refractivity contribution in [2.45, 2.75) is 6.92 Å². The SMILES string of the molecule is CCOc1ccc(Nc2nncc(Nc3ccc(Br)cc3)n2)cc1. The van der Waals surface area contributed by atoms with Gasteiger partial charge in [-0.1, -0.05) is 15.9 Å². The molecule has 0 atom stereocenters. The van der Waals surface area contributed by atoms with Gasteiger partial charge in [-0.15, -0.1) is 5.10 Å². The van der Waals surface area contributed by atoms with E-state index in [0.717, 1.165) is 21.6 Å². The van der Waals surface area contributed by atoms with E-state index in [0.29, 0.717) is 18.4 Å². The summed E-state index contributed by atoms with van der Waals surface area (Å²) in [5.41, 5.74) is 1.78. The van der Waals surface area contributed by atoms with Crippen LogP contribution in [0.3, 0.4) is 0 Å². The van der Waals surface area contributed by atoms with Crippen LogP contribution < -0.4 is 15.4 Å². The van der Waals surface area contributed by atoms with Crippen LogP contribution in [0.4, 0.5) is 23.1 Å². The van der Waals surface area contributed by atoms with Crippen LogP contribution in [0.5, 0.6) is 5.75 Å². The van der Waals surface area contributed by atoms with E-state index in [-0.39, 0.29) is 0 Å². The van der Waals surface area contributed by atoms with Crippen molar-refractivity contribution in [2.24, 2.45) is 0 Å². The van der Waals surface area contributed by atoms with Crippen molar-refractivity contribution in [3.63, 3.8) is 0 Å². The first-order chi connectivity index (χ1) is 11.7. The molecule has 7 heteroatoms. The van der Waals surface area contributed by atoms with E-state index in [2.05, 4.69) is 41.7 Å². The molecule has 0 radical (unpaired) electrons. The molecule has 0 saturated heterocycles. The molecule has 122 valence electrons. The van der Waals surface area contributed by atoms with Crippen LogP contribution in [-0.4, -0.2) is 21.8 Å². The van der Waals surface area contributed by atoms with E-state index in [1.165, 1.54) is 0 Å². The zero-order valence-electron chi connectivity index (χ0n) is 13.0. The third-order valence-electron chi connectivity index (χ3n) is 3.10. The van der Waals surface area contributed by atoms with Gasteiger partial charge in [-0.05, 0) is 55.5 Å². The second-order valence-corrected chi connectivity index (χ2v) is 5.80. The molecular formula is C17H16BrN5O. The Kier molecular flexibility index (Phi) is 5.22. The van der Waals surface area contributed by atoms with Crippen molar-refractivity contribution in [2.75, 3.05) is 17.2 Å². The first-order valence-electron chi connectivity index (χ1n) is 7.45. The summed E-state index contributed by atoms with van der Waals surface area (Å²) < 4.78 is 6.44. The maximum Gasteiger partial charge on any atom is 0.249 e. The Hall–Kier alpha value is -2.67. The summed E-state index contributed by atoms with van der Waals surface area (Å²) in [4.78, 5) is 4.41. The van der Waals surface area contributed by atoms with Crippen LogP contribution in [-0.2, 0) is 0 Å². The quantitative estimate of drug-likeness (QED) is 0.649. The molecule has 0 amide bonds. The van der Waals surface area contributed by atoms with Gasteiger partial charge in [-0.3, -0.25) is 0 Å². The molecule has 1 heterocycles. The van der Waals surface area contributed by atoms with Gasteiger partial charge in [-0.2, -0.15) is 10.1 Å². The van der Waals surface area contributed by atoms with Gasteiger partial charge in [0.2, 0.25) is 5.95 Å². The molecule has 0 spiro atoms. The van der Waals surface area contributed by atoms with Crippen molar-refractivity contribution >= 4 is 39.1 Å². The zero-order valence-corrected chi connectivity index (χ0v) is 14.6. The monoisotopic (exact) mass is 385 g/mol. The van der Waals surface area contributed by atoms with Crippen molar-refractivity contribution in [1.82, 2.24) is 15.2 Å². The largest absolute Gasteiger partial charge is 0.494 e. The molecule has 0 unspecified atom stereocenters. The highest BCUT2D eigenvalue weighted by Crippen LogP contribution is 2.20. The second-order valence-electron chi connectivity index (χ2n) is 4.88. The van der Waals surface area contributed by atoms with Gasteiger partial charge in [-0.25, -0.2) is 0 Å². The minimum absolute atomic E-state index is 0.418. The molecular weight excluding hydrogens is 370 g/mol. The van der Waals surface area contributed by atoms with E-state index in [4.69, 9.17) is 4.74 Å². The molecule has 0 aliphatic carbocycles. The van der Waals surface area contributed by atoms with Crippen LogP contribution >= 0.6 is 15.9 Å². The second kappa shape index (κ2) is 7.74. The van der Waals surface area contributed by atoms with E-state index in [1.54, 1.807) is 6.20 Å². The van der Waals surface area contributed by atoms with Crippen LogP contribution in [0, 0.1) is 0 Å². The van der Waals surface area contributed by atoms with Gasteiger partial charge < -0.3 is 15.4 Å². The van der Waals surface area contributed by atoms with Crippen molar-refractivity contribution < 1.29 is 4.74 Å². The average molecular weight is 386 g/mol. The van der Waals surface area contributed by atoms with Crippen LogP contribution in [0.1, 0.15) is 6.92 Å². The number of aromatic nitrogens is 3. The fourth-order valence-corrected chi connectivity index (χ4v) is 2.29. The lowest BCUT2D eigenvalue weighted by Crippen LogP contribution is -2.02. The summed E-state index contributed by atoms with van der Waals surface area (Å²) in [5.74, 6) is 1.86. The number of rotatable bonds is 6. The predicted molar refractivity (Wildman–Crippen MR) is 98.1 cm³/mol. The van der Waals surface area contributed by atoms with Gasteiger partial charge in [0, 0.05) is 15.8 Å². The van der Waals surface area contributed by atoms with E-state index in [9.17, 15) is 0 Å². The van der Waals surface area contributed by atoms with E-state index < -0.39 is 0 Å². The van der Waals surface area contributed by atoms with Gasteiger partial charge >= 0.3 is 0 Å². The zero-order chi connectivity index (χ0) is 16.8. The molecule has 3 rings (SSSR count). The number of hydrogen-bond acceptors (Lipinski definition) is 6. The molecule has 6 nitrogen and oxygen atoms in total. The molecule has 0 aliphatic rings. The number of ether oxygens (including phenoxy) is 1. The van der Waals surface area contributed by atoms with Gasteiger partial charge in [0.15, 0.2) is 5.82 Å². The molecule has 0 saturated carbocycles. The average Bonchev–Trinajstić information content (AvgIpc) is 2.59. The predicted octanol–water partition coefficient (Wildman–Crippen LogP) is 4.52. The Morgan fingerprint density at radius 3 is 2.33 bits per heavy atom. The van der Waals surface area contributed by atoms with Crippen molar-refractivity contribution in [3.8, 4) is 5.75 Å². The van der Waals surface area contributed by atoms with Crippen LogP contribution in [0.2, 0.25) is 0 Å². The smallest absolute Gasteiger partial charge is 0.249 e. The topological polar surface area (TPSA) is 72.0 Å². The molecule has 3 aromatic rings. The van der Waals surface area contributed by atoms with Crippen LogP contribution in [0.15, 0.2) is 59.2 Å². The number of benzene rings is 2. The first kappa shape index (κ1) is 16.2. The van der Waals surface area contributed by atoms with Crippen molar-refractivity contribution in [1.29, 1.82) is 0 Å². The Bertz CT molecular complexity index is 793. The minimum atomic E-state index is 0.418. The normalized spacial score (nSPS) is 10.2.